The van der Waals surface area contributed by atoms with Crippen molar-refractivity contribution in [2.75, 3.05) is 11.9 Å². The van der Waals surface area contributed by atoms with Crippen molar-refractivity contribution in [3.63, 3.8) is 0 Å². The minimum atomic E-state index is -0.695. The van der Waals surface area contributed by atoms with Gasteiger partial charge in [-0.25, -0.2) is 4.98 Å². The number of aromatic amines is 1. The van der Waals surface area contributed by atoms with E-state index in [1.807, 2.05) is 0 Å². The fourth-order valence-corrected chi connectivity index (χ4v) is 2.92. The maximum atomic E-state index is 10.7. The molecule has 21 heavy (non-hydrogen) atoms. The highest BCUT2D eigenvalue weighted by Crippen LogP contribution is 2.40. The van der Waals surface area contributed by atoms with Crippen LogP contribution in [0, 0.1) is 5.41 Å². The first-order valence-corrected chi connectivity index (χ1v) is 7.58. The molecule has 0 saturated heterocycles. The van der Waals surface area contributed by atoms with E-state index in [2.05, 4.69) is 39.1 Å². The number of nitrogens with one attached hydrogen (secondary N) is 2. The lowest BCUT2D eigenvalue weighted by atomic mass is 9.71. The van der Waals surface area contributed by atoms with E-state index in [1.165, 1.54) is 0 Å². The number of rotatable bonds is 3. The lowest BCUT2D eigenvalue weighted by molar-refractivity contribution is -0.0145. The molecule has 0 aromatic carbocycles. The van der Waals surface area contributed by atoms with Crippen LogP contribution in [0.3, 0.4) is 0 Å². The van der Waals surface area contributed by atoms with Crippen LogP contribution in [-0.4, -0.2) is 37.2 Å². The fraction of sp³-hybridized carbons (Fsp3) is 0.643. The third-order valence-electron chi connectivity index (χ3n) is 4.38. The van der Waals surface area contributed by atoms with Crippen LogP contribution >= 0.6 is 11.6 Å². The van der Waals surface area contributed by atoms with Gasteiger partial charge in [-0.15, -0.1) is 0 Å². The molecule has 114 valence electrons. The Bertz CT molecular complexity index is 644. The molecule has 0 aliphatic heterocycles. The lowest BCUT2D eigenvalue weighted by Gasteiger charge is -2.40. The summed E-state index contributed by atoms with van der Waals surface area (Å²) in [5.74, 6) is 0.584. The minimum Gasteiger partial charge on any atom is -0.388 e. The highest BCUT2D eigenvalue weighted by molar-refractivity contribution is 6.28. The van der Waals surface area contributed by atoms with Crippen LogP contribution in [-0.2, 0) is 0 Å². The average molecular weight is 310 g/mol. The second-order valence-corrected chi connectivity index (χ2v) is 7.02. The lowest BCUT2D eigenvalue weighted by Crippen LogP contribution is -2.42. The van der Waals surface area contributed by atoms with E-state index in [0.29, 0.717) is 28.9 Å². The van der Waals surface area contributed by atoms with Gasteiger partial charge < -0.3 is 15.4 Å². The molecule has 1 fully saturated rings. The summed E-state index contributed by atoms with van der Waals surface area (Å²) in [6.45, 7) is 4.95. The van der Waals surface area contributed by atoms with Gasteiger partial charge in [-0.05, 0) is 42.7 Å². The predicted octanol–water partition coefficient (Wildman–Crippen LogP) is 2.75. The number of imidazole rings is 1. The van der Waals surface area contributed by atoms with Crippen molar-refractivity contribution >= 4 is 28.6 Å². The summed E-state index contributed by atoms with van der Waals surface area (Å²) >= 11 is 5.90. The second kappa shape index (κ2) is 5.10. The standard InChI is InChI=1S/C14H20ClN5O/c1-13(2)3-5-14(21,6-4-13)7-16-10-9-11(18-8-17-9)20-12(15)19-10/h8,21H,3-7H2,1-2H3,(H2,16,17,18,19,20). The van der Waals surface area contributed by atoms with Crippen molar-refractivity contribution in [3.8, 4) is 0 Å². The van der Waals surface area contributed by atoms with E-state index in [-0.39, 0.29) is 5.28 Å². The number of aromatic nitrogens is 4. The summed E-state index contributed by atoms with van der Waals surface area (Å²) in [6, 6.07) is 0. The first-order chi connectivity index (χ1) is 9.87. The maximum absolute atomic E-state index is 10.7. The molecule has 2 heterocycles. The van der Waals surface area contributed by atoms with Crippen molar-refractivity contribution in [2.45, 2.75) is 45.1 Å². The van der Waals surface area contributed by atoms with Gasteiger partial charge in [0.2, 0.25) is 5.28 Å². The first-order valence-electron chi connectivity index (χ1n) is 7.20. The van der Waals surface area contributed by atoms with Gasteiger partial charge in [-0.2, -0.15) is 9.97 Å². The van der Waals surface area contributed by atoms with E-state index in [1.54, 1.807) is 6.33 Å². The fourth-order valence-electron chi connectivity index (χ4n) is 2.75. The number of anilines is 1. The Balaban J connectivity index is 1.73. The summed E-state index contributed by atoms with van der Waals surface area (Å²) in [5.41, 5.74) is 0.855. The number of nitrogens with zero attached hydrogens (tertiary/aromatic N) is 3. The molecule has 7 heteroatoms. The van der Waals surface area contributed by atoms with Gasteiger partial charge in [0.15, 0.2) is 11.5 Å². The average Bonchev–Trinajstić information content (AvgIpc) is 2.88. The SMILES string of the molecule is CC1(C)CCC(O)(CNc2nc(Cl)nc3nc[nH]c23)CC1. The Morgan fingerprint density at radius 1 is 1.29 bits per heavy atom. The Hall–Kier alpha value is -1.40. The molecule has 0 radical (unpaired) electrons. The Morgan fingerprint density at radius 2 is 2.00 bits per heavy atom. The molecule has 1 aliphatic rings. The highest BCUT2D eigenvalue weighted by atomic mass is 35.5. The van der Waals surface area contributed by atoms with Crippen molar-refractivity contribution in [1.29, 1.82) is 0 Å². The number of H-pyrrole nitrogens is 1. The van der Waals surface area contributed by atoms with Crippen LogP contribution < -0.4 is 5.32 Å². The van der Waals surface area contributed by atoms with Crippen LogP contribution in [0.15, 0.2) is 6.33 Å². The Morgan fingerprint density at radius 3 is 2.71 bits per heavy atom. The van der Waals surface area contributed by atoms with Gasteiger partial charge in [0.05, 0.1) is 11.9 Å². The van der Waals surface area contributed by atoms with Gasteiger partial charge in [-0.1, -0.05) is 13.8 Å². The predicted molar refractivity (Wildman–Crippen MR) is 82.4 cm³/mol. The summed E-state index contributed by atoms with van der Waals surface area (Å²) in [4.78, 5) is 15.3. The Labute approximate surface area is 128 Å². The zero-order valence-electron chi connectivity index (χ0n) is 12.3. The maximum Gasteiger partial charge on any atom is 0.226 e. The van der Waals surface area contributed by atoms with Crippen LogP contribution in [0.2, 0.25) is 5.28 Å². The first kappa shape index (κ1) is 14.5. The molecule has 3 N–H and O–H groups in total. The van der Waals surface area contributed by atoms with E-state index >= 15 is 0 Å². The number of halogens is 1. The quantitative estimate of drug-likeness (QED) is 0.759. The third kappa shape index (κ3) is 3.11. The van der Waals surface area contributed by atoms with Crippen LogP contribution in [0.5, 0.6) is 0 Å². The molecule has 0 bridgehead atoms. The molecule has 0 spiro atoms. The van der Waals surface area contributed by atoms with Crippen molar-refractivity contribution in [1.82, 2.24) is 19.9 Å². The second-order valence-electron chi connectivity index (χ2n) is 6.68. The number of hydrogen-bond acceptors (Lipinski definition) is 5. The van der Waals surface area contributed by atoms with Gasteiger partial charge >= 0.3 is 0 Å². The van der Waals surface area contributed by atoms with Crippen molar-refractivity contribution < 1.29 is 5.11 Å². The van der Waals surface area contributed by atoms with E-state index in [0.717, 1.165) is 25.7 Å². The topological polar surface area (TPSA) is 86.7 Å². The number of aliphatic hydroxyl groups is 1. The zero-order valence-corrected chi connectivity index (χ0v) is 13.0. The molecule has 0 amide bonds. The summed E-state index contributed by atoms with van der Waals surface area (Å²) in [7, 11) is 0. The molecule has 1 saturated carbocycles. The molecule has 0 atom stereocenters. The van der Waals surface area contributed by atoms with Crippen molar-refractivity contribution in [2.24, 2.45) is 5.41 Å². The van der Waals surface area contributed by atoms with Crippen LogP contribution in [0.1, 0.15) is 39.5 Å². The van der Waals surface area contributed by atoms with Crippen LogP contribution in [0.25, 0.3) is 11.2 Å². The zero-order chi connectivity index (χ0) is 15.1. The molecule has 3 rings (SSSR count). The van der Waals surface area contributed by atoms with Gasteiger partial charge in [0, 0.05) is 6.54 Å². The number of fused-ring (bicyclic) bond motifs is 1. The number of hydrogen-bond donors (Lipinski definition) is 3. The van der Waals surface area contributed by atoms with Crippen molar-refractivity contribution in [3.05, 3.63) is 11.6 Å². The highest BCUT2D eigenvalue weighted by Gasteiger charge is 2.36. The van der Waals surface area contributed by atoms with Gasteiger partial charge in [0.25, 0.3) is 0 Å². The van der Waals surface area contributed by atoms with Gasteiger partial charge in [0.1, 0.15) is 5.52 Å². The minimum absolute atomic E-state index is 0.147. The monoisotopic (exact) mass is 309 g/mol. The summed E-state index contributed by atoms with van der Waals surface area (Å²) < 4.78 is 0. The molecule has 1 aliphatic carbocycles. The molecule has 2 aromatic heterocycles. The smallest absolute Gasteiger partial charge is 0.226 e. The van der Waals surface area contributed by atoms with E-state index in [9.17, 15) is 5.11 Å². The molecule has 0 unspecified atom stereocenters. The Kier molecular flexibility index (Phi) is 3.53. The van der Waals surface area contributed by atoms with Crippen LogP contribution in [0.4, 0.5) is 5.82 Å². The van der Waals surface area contributed by atoms with Gasteiger partial charge in [-0.3, -0.25) is 0 Å². The van der Waals surface area contributed by atoms with E-state index in [4.69, 9.17) is 11.6 Å². The molecular formula is C14H20ClN5O. The molecule has 6 nitrogen and oxygen atoms in total. The summed E-state index contributed by atoms with van der Waals surface area (Å²) in [6.07, 6.45) is 5.18. The third-order valence-corrected chi connectivity index (χ3v) is 4.55. The van der Waals surface area contributed by atoms with E-state index < -0.39 is 5.60 Å². The summed E-state index contributed by atoms with van der Waals surface area (Å²) in [5, 5.41) is 14.0. The largest absolute Gasteiger partial charge is 0.388 e. The molecule has 2 aromatic rings. The normalized spacial score (nSPS) is 20.6. The molecular weight excluding hydrogens is 290 g/mol.